The molecule has 0 aromatic rings. The van der Waals surface area contributed by atoms with Crippen molar-refractivity contribution < 1.29 is 4.79 Å². The quantitative estimate of drug-likeness (QED) is 0.645. The van der Waals surface area contributed by atoms with Gasteiger partial charge in [0.2, 0.25) is 5.91 Å². The van der Waals surface area contributed by atoms with E-state index in [0.29, 0.717) is 6.42 Å². The van der Waals surface area contributed by atoms with Crippen molar-refractivity contribution in [2.45, 2.75) is 19.8 Å². The van der Waals surface area contributed by atoms with Crippen LogP contribution in [0.3, 0.4) is 0 Å². The van der Waals surface area contributed by atoms with Gasteiger partial charge in [-0.05, 0) is 6.42 Å². The highest BCUT2D eigenvalue weighted by Crippen LogP contribution is 1.90. The zero-order valence-electron chi connectivity index (χ0n) is 9.01. The van der Waals surface area contributed by atoms with E-state index in [1.54, 1.807) is 0 Å². The standard InChI is InChI=1S/C10H21N3O/c1-2-3-10(14)12-6-9-13-7-4-11-5-8-13/h11H,2-9H2,1H3,(H,12,14). The van der Waals surface area contributed by atoms with E-state index in [4.69, 9.17) is 0 Å². The van der Waals surface area contributed by atoms with Gasteiger partial charge in [0.05, 0.1) is 0 Å². The van der Waals surface area contributed by atoms with E-state index in [0.717, 1.165) is 45.7 Å². The maximum absolute atomic E-state index is 11.1. The predicted octanol–water partition coefficient (Wildman–Crippen LogP) is -0.192. The third-order valence-corrected chi connectivity index (χ3v) is 2.44. The smallest absolute Gasteiger partial charge is 0.220 e. The van der Waals surface area contributed by atoms with Crippen molar-refractivity contribution in [2.24, 2.45) is 0 Å². The average Bonchev–Trinajstić information content (AvgIpc) is 2.20. The SMILES string of the molecule is CCCC(=O)NCCN1CCNCC1. The largest absolute Gasteiger partial charge is 0.355 e. The van der Waals surface area contributed by atoms with Crippen LogP contribution in [0.4, 0.5) is 0 Å². The molecule has 0 unspecified atom stereocenters. The Labute approximate surface area is 86.0 Å². The van der Waals surface area contributed by atoms with E-state index in [1.807, 2.05) is 6.92 Å². The summed E-state index contributed by atoms with van der Waals surface area (Å²) in [6.45, 7) is 8.14. The molecule has 2 N–H and O–H groups in total. The first-order chi connectivity index (χ1) is 6.83. The highest BCUT2D eigenvalue weighted by molar-refractivity contribution is 5.75. The summed E-state index contributed by atoms with van der Waals surface area (Å²) in [4.78, 5) is 13.5. The first kappa shape index (κ1) is 11.5. The molecule has 0 aromatic carbocycles. The van der Waals surface area contributed by atoms with Crippen LogP contribution < -0.4 is 10.6 Å². The second kappa shape index (κ2) is 6.79. The van der Waals surface area contributed by atoms with Crippen molar-refractivity contribution in [1.82, 2.24) is 15.5 Å². The maximum Gasteiger partial charge on any atom is 0.220 e. The summed E-state index contributed by atoms with van der Waals surface area (Å²) >= 11 is 0. The van der Waals surface area contributed by atoms with Gasteiger partial charge in [0.15, 0.2) is 0 Å². The number of nitrogens with one attached hydrogen (secondary N) is 2. The first-order valence-corrected chi connectivity index (χ1v) is 5.52. The van der Waals surface area contributed by atoms with E-state index in [-0.39, 0.29) is 5.91 Å². The van der Waals surface area contributed by atoms with Gasteiger partial charge in [0, 0.05) is 45.7 Å². The maximum atomic E-state index is 11.1. The van der Waals surface area contributed by atoms with Gasteiger partial charge in [-0.3, -0.25) is 9.69 Å². The first-order valence-electron chi connectivity index (χ1n) is 5.52. The number of hydrogen-bond acceptors (Lipinski definition) is 3. The molecule has 0 atom stereocenters. The van der Waals surface area contributed by atoms with Crippen LogP contribution in [0.5, 0.6) is 0 Å². The van der Waals surface area contributed by atoms with Crippen molar-refractivity contribution in [3.63, 3.8) is 0 Å². The predicted molar refractivity (Wildman–Crippen MR) is 57.2 cm³/mol. The fourth-order valence-corrected chi connectivity index (χ4v) is 1.60. The van der Waals surface area contributed by atoms with Crippen LogP contribution in [0.25, 0.3) is 0 Å². The normalized spacial score (nSPS) is 18.1. The summed E-state index contributed by atoms with van der Waals surface area (Å²) in [7, 11) is 0. The summed E-state index contributed by atoms with van der Waals surface area (Å²) in [6, 6.07) is 0. The molecule has 1 heterocycles. The number of nitrogens with zero attached hydrogens (tertiary/aromatic N) is 1. The van der Waals surface area contributed by atoms with Gasteiger partial charge in [-0.15, -0.1) is 0 Å². The molecule has 1 saturated heterocycles. The van der Waals surface area contributed by atoms with Crippen molar-refractivity contribution in [1.29, 1.82) is 0 Å². The topological polar surface area (TPSA) is 44.4 Å². The number of piperazine rings is 1. The Kier molecular flexibility index (Phi) is 5.56. The molecule has 0 radical (unpaired) electrons. The molecular weight excluding hydrogens is 178 g/mol. The minimum Gasteiger partial charge on any atom is -0.355 e. The summed E-state index contributed by atoms with van der Waals surface area (Å²) in [5.41, 5.74) is 0. The second-order valence-electron chi connectivity index (χ2n) is 3.69. The fraction of sp³-hybridized carbons (Fsp3) is 0.900. The van der Waals surface area contributed by atoms with Gasteiger partial charge in [-0.1, -0.05) is 6.92 Å². The van der Waals surface area contributed by atoms with Crippen molar-refractivity contribution in [3.8, 4) is 0 Å². The number of amides is 1. The van der Waals surface area contributed by atoms with Crippen molar-refractivity contribution >= 4 is 5.91 Å². The van der Waals surface area contributed by atoms with Crippen LogP contribution in [0.1, 0.15) is 19.8 Å². The highest BCUT2D eigenvalue weighted by atomic mass is 16.1. The molecule has 0 aromatic heterocycles. The van der Waals surface area contributed by atoms with Gasteiger partial charge in [0.1, 0.15) is 0 Å². The Morgan fingerprint density at radius 3 is 2.79 bits per heavy atom. The highest BCUT2D eigenvalue weighted by Gasteiger charge is 2.08. The van der Waals surface area contributed by atoms with Crippen LogP contribution in [0.2, 0.25) is 0 Å². The Morgan fingerprint density at radius 1 is 1.43 bits per heavy atom. The van der Waals surface area contributed by atoms with E-state index in [2.05, 4.69) is 15.5 Å². The van der Waals surface area contributed by atoms with Crippen molar-refractivity contribution in [3.05, 3.63) is 0 Å². The molecule has 4 nitrogen and oxygen atoms in total. The number of hydrogen-bond donors (Lipinski definition) is 2. The Bertz CT molecular complexity index is 167. The summed E-state index contributed by atoms with van der Waals surface area (Å²) in [5, 5.41) is 6.24. The minimum atomic E-state index is 0.183. The number of rotatable bonds is 5. The zero-order valence-corrected chi connectivity index (χ0v) is 9.01. The Hall–Kier alpha value is -0.610. The molecule has 1 aliphatic rings. The molecule has 0 spiro atoms. The average molecular weight is 199 g/mol. The second-order valence-corrected chi connectivity index (χ2v) is 3.69. The van der Waals surface area contributed by atoms with Crippen LogP contribution in [-0.2, 0) is 4.79 Å². The Morgan fingerprint density at radius 2 is 2.14 bits per heavy atom. The molecule has 0 aliphatic carbocycles. The molecule has 1 rings (SSSR count). The van der Waals surface area contributed by atoms with E-state index in [1.165, 1.54) is 0 Å². The van der Waals surface area contributed by atoms with E-state index < -0.39 is 0 Å². The fourth-order valence-electron chi connectivity index (χ4n) is 1.60. The van der Waals surface area contributed by atoms with Gasteiger partial charge < -0.3 is 10.6 Å². The van der Waals surface area contributed by atoms with Gasteiger partial charge >= 0.3 is 0 Å². The van der Waals surface area contributed by atoms with Crippen LogP contribution in [0.15, 0.2) is 0 Å². The number of carbonyl (C=O) groups is 1. The van der Waals surface area contributed by atoms with Gasteiger partial charge in [0.25, 0.3) is 0 Å². The third kappa shape index (κ3) is 4.58. The van der Waals surface area contributed by atoms with Crippen molar-refractivity contribution in [2.75, 3.05) is 39.3 Å². The zero-order chi connectivity index (χ0) is 10.2. The Balaban J connectivity index is 1.99. The molecule has 82 valence electrons. The molecule has 4 heteroatoms. The summed E-state index contributed by atoms with van der Waals surface area (Å²) < 4.78 is 0. The van der Waals surface area contributed by atoms with Gasteiger partial charge in [-0.2, -0.15) is 0 Å². The lowest BCUT2D eigenvalue weighted by Crippen LogP contribution is -2.46. The molecular formula is C10H21N3O. The summed E-state index contributed by atoms with van der Waals surface area (Å²) in [6.07, 6.45) is 1.58. The minimum absolute atomic E-state index is 0.183. The van der Waals surface area contributed by atoms with Crippen LogP contribution in [-0.4, -0.2) is 50.1 Å². The molecule has 1 aliphatic heterocycles. The molecule has 0 saturated carbocycles. The summed E-state index contributed by atoms with van der Waals surface area (Å²) in [5.74, 6) is 0.183. The van der Waals surface area contributed by atoms with Crippen LogP contribution in [0, 0.1) is 0 Å². The van der Waals surface area contributed by atoms with Gasteiger partial charge in [-0.25, -0.2) is 0 Å². The van der Waals surface area contributed by atoms with Crippen LogP contribution >= 0.6 is 0 Å². The van der Waals surface area contributed by atoms with E-state index in [9.17, 15) is 4.79 Å². The van der Waals surface area contributed by atoms with E-state index >= 15 is 0 Å². The monoisotopic (exact) mass is 199 g/mol. The molecule has 14 heavy (non-hydrogen) atoms. The lowest BCUT2D eigenvalue weighted by Gasteiger charge is -2.27. The molecule has 1 amide bonds. The molecule has 1 fully saturated rings. The molecule has 0 bridgehead atoms. The third-order valence-electron chi connectivity index (χ3n) is 2.44. The lowest BCUT2D eigenvalue weighted by atomic mass is 10.3. The number of carbonyl (C=O) groups excluding carboxylic acids is 1. The lowest BCUT2D eigenvalue weighted by molar-refractivity contribution is -0.121.